The number of amides is 1. The zero-order valence-corrected chi connectivity index (χ0v) is 10.6. The van der Waals surface area contributed by atoms with Gasteiger partial charge in [-0.25, -0.2) is 8.78 Å². The molecule has 1 aromatic rings. The first-order chi connectivity index (χ1) is 9.45. The van der Waals surface area contributed by atoms with Gasteiger partial charge in [0, 0.05) is 12.6 Å². The van der Waals surface area contributed by atoms with Crippen LogP contribution in [0.2, 0.25) is 0 Å². The van der Waals surface area contributed by atoms with Crippen LogP contribution < -0.4 is 5.32 Å². The van der Waals surface area contributed by atoms with Crippen molar-refractivity contribution in [3.05, 3.63) is 29.8 Å². The van der Waals surface area contributed by atoms with Crippen molar-refractivity contribution in [2.45, 2.75) is 6.42 Å². The third kappa shape index (κ3) is 3.51. The van der Waals surface area contributed by atoms with Crippen molar-refractivity contribution in [3.63, 3.8) is 0 Å². The summed E-state index contributed by atoms with van der Waals surface area (Å²) in [5.41, 5.74) is -0.0922. The number of benzene rings is 1. The minimum absolute atomic E-state index is 0.0133. The summed E-state index contributed by atoms with van der Waals surface area (Å²) in [7, 11) is 0. The number of likely N-dealkylation sites (tertiary alicyclic amines) is 1. The molecule has 1 unspecified atom stereocenters. The highest BCUT2D eigenvalue weighted by molar-refractivity contribution is 5.92. The Labute approximate surface area is 114 Å². The third-order valence-electron chi connectivity index (χ3n) is 3.19. The number of carbonyl (C=O) groups excluding carboxylic acids is 1. The smallest absolute Gasteiger partial charge is 0.307 e. The number of carboxylic acid groups (broad SMARTS) is 1. The van der Waals surface area contributed by atoms with Crippen LogP contribution in [0, 0.1) is 17.6 Å². The van der Waals surface area contributed by atoms with Gasteiger partial charge in [-0.1, -0.05) is 0 Å². The molecule has 2 N–H and O–H groups in total. The van der Waals surface area contributed by atoms with E-state index in [0.717, 1.165) is 12.1 Å². The van der Waals surface area contributed by atoms with E-state index in [-0.39, 0.29) is 12.2 Å². The Bertz CT molecular complexity index is 536. The monoisotopic (exact) mass is 284 g/mol. The SMILES string of the molecule is O=C(CN1CCC(C(=O)O)C1)Nc1ccc(F)cc1F. The molecular formula is C13H14F2N2O3. The molecule has 1 heterocycles. The second-order valence-corrected chi connectivity index (χ2v) is 4.73. The average molecular weight is 284 g/mol. The summed E-state index contributed by atoms with van der Waals surface area (Å²) in [4.78, 5) is 24.2. The number of aliphatic carboxylic acids is 1. The van der Waals surface area contributed by atoms with E-state index in [2.05, 4.69) is 5.32 Å². The summed E-state index contributed by atoms with van der Waals surface area (Å²) >= 11 is 0. The van der Waals surface area contributed by atoms with Crippen molar-refractivity contribution < 1.29 is 23.5 Å². The fraction of sp³-hybridized carbons (Fsp3) is 0.385. The van der Waals surface area contributed by atoms with Crippen LogP contribution in [0.1, 0.15) is 6.42 Å². The van der Waals surface area contributed by atoms with Gasteiger partial charge in [-0.05, 0) is 25.1 Å². The maximum atomic E-state index is 13.3. The molecular weight excluding hydrogens is 270 g/mol. The highest BCUT2D eigenvalue weighted by Crippen LogP contribution is 2.17. The topological polar surface area (TPSA) is 69.6 Å². The first kappa shape index (κ1) is 14.4. The number of rotatable bonds is 4. The van der Waals surface area contributed by atoms with Crippen LogP contribution in [0.15, 0.2) is 18.2 Å². The number of hydrogen-bond acceptors (Lipinski definition) is 3. The maximum absolute atomic E-state index is 13.3. The lowest BCUT2D eigenvalue weighted by atomic mass is 10.1. The van der Waals surface area contributed by atoms with Gasteiger partial charge in [0.1, 0.15) is 11.6 Å². The largest absolute Gasteiger partial charge is 0.481 e. The number of anilines is 1. The van der Waals surface area contributed by atoms with Gasteiger partial charge in [0.2, 0.25) is 5.91 Å². The molecule has 108 valence electrons. The second-order valence-electron chi connectivity index (χ2n) is 4.73. The minimum Gasteiger partial charge on any atom is -0.481 e. The molecule has 0 saturated carbocycles. The molecule has 20 heavy (non-hydrogen) atoms. The summed E-state index contributed by atoms with van der Waals surface area (Å²) in [5, 5.41) is 11.2. The average Bonchev–Trinajstić information content (AvgIpc) is 2.81. The summed E-state index contributed by atoms with van der Waals surface area (Å²) < 4.78 is 26.1. The van der Waals surface area contributed by atoms with E-state index in [1.807, 2.05) is 0 Å². The van der Waals surface area contributed by atoms with Crippen molar-refractivity contribution in [1.82, 2.24) is 4.90 Å². The van der Waals surface area contributed by atoms with Crippen molar-refractivity contribution in [2.75, 3.05) is 25.0 Å². The molecule has 2 rings (SSSR count). The molecule has 1 fully saturated rings. The van der Waals surface area contributed by atoms with Crippen molar-refractivity contribution in [1.29, 1.82) is 0 Å². The highest BCUT2D eigenvalue weighted by Gasteiger charge is 2.28. The maximum Gasteiger partial charge on any atom is 0.307 e. The number of halogens is 2. The molecule has 0 radical (unpaired) electrons. The van der Waals surface area contributed by atoms with Crippen LogP contribution in [0.4, 0.5) is 14.5 Å². The van der Waals surface area contributed by atoms with Gasteiger partial charge in [-0.3, -0.25) is 14.5 Å². The molecule has 1 amide bonds. The quantitative estimate of drug-likeness (QED) is 0.874. The van der Waals surface area contributed by atoms with E-state index in [4.69, 9.17) is 5.11 Å². The number of nitrogens with zero attached hydrogens (tertiary/aromatic N) is 1. The lowest BCUT2D eigenvalue weighted by Crippen LogP contribution is -2.32. The van der Waals surface area contributed by atoms with E-state index in [9.17, 15) is 18.4 Å². The fourth-order valence-corrected chi connectivity index (χ4v) is 2.16. The fourth-order valence-electron chi connectivity index (χ4n) is 2.16. The lowest BCUT2D eigenvalue weighted by Gasteiger charge is -2.15. The van der Waals surface area contributed by atoms with Crippen molar-refractivity contribution >= 4 is 17.6 Å². The van der Waals surface area contributed by atoms with Crippen molar-refractivity contribution in [3.8, 4) is 0 Å². The van der Waals surface area contributed by atoms with E-state index in [1.54, 1.807) is 4.90 Å². The summed E-state index contributed by atoms with van der Waals surface area (Å²) in [6.07, 6.45) is 0.494. The molecule has 1 atom stereocenters. The van der Waals surface area contributed by atoms with E-state index in [0.29, 0.717) is 25.6 Å². The van der Waals surface area contributed by atoms with Gasteiger partial charge in [0.15, 0.2) is 0 Å². The standard InChI is InChI=1S/C13H14F2N2O3/c14-9-1-2-11(10(15)5-9)16-12(18)7-17-4-3-8(6-17)13(19)20/h1-2,5,8H,3-4,6-7H2,(H,16,18)(H,19,20). The van der Waals surface area contributed by atoms with Gasteiger partial charge in [0.25, 0.3) is 0 Å². The molecule has 1 saturated heterocycles. The van der Waals surface area contributed by atoms with Crippen LogP contribution in [0.3, 0.4) is 0 Å². The summed E-state index contributed by atoms with van der Waals surface area (Å²) in [6, 6.07) is 2.88. The zero-order valence-electron chi connectivity index (χ0n) is 10.6. The number of carboxylic acids is 1. The zero-order chi connectivity index (χ0) is 14.7. The molecule has 0 aliphatic carbocycles. The van der Waals surface area contributed by atoms with Crippen LogP contribution >= 0.6 is 0 Å². The molecule has 0 spiro atoms. The number of hydrogen-bond donors (Lipinski definition) is 2. The normalized spacial score (nSPS) is 19.0. The molecule has 1 aliphatic heterocycles. The Morgan fingerprint density at radius 3 is 2.75 bits per heavy atom. The third-order valence-corrected chi connectivity index (χ3v) is 3.19. The van der Waals surface area contributed by atoms with E-state index >= 15 is 0 Å². The van der Waals surface area contributed by atoms with Gasteiger partial charge in [0.05, 0.1) is 18.2 Å². The molecule has 7 heteroatoms. The Hall–Kier alpha value is -2.02. The number of carbonyl (C=O) groups is 2. The van der Waals surface area contributed by atoms with Crippen LogP contribution in [0.25, 0.3) is 0 Å². The van der Waals surface area contributed by atoms with Gasteiger partial charge in [-0.2, -0.15) is 0 Å². The second kappa shape index (κ2) is 5.96. The van der Waals surface area contributed by atoms with Gasteiger partial charge in [-0.15, -0.1) is 0 Å². The highest BCUT2D eigenvalue weighted by atomic mass is 19.1. The van der Waals surface area contributed by atoms with Gasteiger partial charge < -0.3 is 10.4 Å². The molecule has 5 nitrogen and oxygen atoms in total. The number of nitrogens with one attached hydrogen (secondary N) is 1. The van der Waals surface area contributed by atoms with Crippen LogP contribution in [-0.2, 0) is 9.59 Å². The van der Waals surface area contributed by atoms with Crippen LogP contribution in [-0.4, -0.2) is 41.5 Å². The van der Waals surface area contributed by atoms with E-state index < -0.39 is 29.4 Å². The molecule has 1 aliphatic rings. The molecule has 0 aromatic heterocycles. The lowest BCUT2D eigenvalue weighted by molar-refractivity contribution is -0.141. The molecule has 0 bridgehead atoms. The predicted octanol–water partition coefficient (Wildman–Crippen LogP) is 1.31. The Morgan fingerprint density at radius 1 is 1.40 bits per heavy atom. The molecule has 1 aromatic carbocycles. The summed E-state index contributed by atoms with van der Waals surface area (Å²) in [6.45, 7) is 0.797. The minimum atomic E-state index is -0.877. The van der Waals surface area contributed by atoms with Crippen LogP contribution in [0.5, 0.6) is 0 Å². The first-order valence-electron chi connectivity index (χ1n) is 6.16. The summed E-state index contributed by atoms with van der Waals surface area (Å²) in [5.74, 6) is -3.36. The van der Waals surface area contributed by atoms with Gasteiger partial charge >= 0.3 is 5.97 Å². The Kier molecular flexibility index (Phi) is 4.29. The van der Waals surface area contributed by atoms with Crippen molar-refractivity contribution in [2.24, 2.45) is 5.92 Å². The van der Waals surface area contributed by atoms with E-state index in [1.165, 1.54) is 0 Å². The Balaban J connectivity index is 1.88. The predicted molar refractivity (Wildman–Crippen MR) is 67.2 cm³/mol. The first-order valence-corrected chi connectivity index (χ1v) is 6.16. The Morgan fingerprint density at radius 2 is 2.15 bits per heavy atom.